The van der Waals surface area contributed by atoms with Crippen LogP contribution in [0.1, 0.15) is 12.5 Å². The molecule has 88 valence electrons. The smallest absolute Gasteiger partial charge is 0.277 e. The SMILES string of the molecule is CNC(=O)[C@@H](C)[NH+](C)Cc1ccc(Br)cc1. The lowest BCUT2D eigenvalue weighted by Gasteiger charge is -2.20. The van der Waals surface area contributed by atoms with E-state index in [0.717, 1.165) is 11.0 Å². The van der Waals surface area contributed by atoms with Crippen molar-refractivity contribution >= 4 is 21.8 Å². The number of benzene rings is 1. The number of halogens is 1. The van der Waals surface area contributed by atoms with E-state index in [4.69, 9.17) is 0 Å². The first-order valence-electron chi connectivity index (χ1n) is 5.33. The van der Waals surface area contributed by atoms with Crippen LogP contribution in [0.15, 0.2) is 28.7 Å². The number of amides is 1. The molecule has 0 aliphatic heterocycles. The fraction of sp³-hybridized carbons (Fsp3) is 0.417. The zero-order valence-electron chi connectivity index (χ0n) is 9.88. The fourth-order valence-electron chi connectivity index (χ4n) is 1.52. The Morgan fingerprint density at radius 1 is 1.44 bits per heavy atom. The Balaban J connectivity index is 2.60. The summed E-state index contributed by atoms with van der Waals surface area (Å²) in [6.07, 6.45) is 0. The quantitative estimate of drug-likeness (QED) is 0.835. The number of likely N-dealkylation sites (N-methyl/N-ethyl adjacent to an activating group) is 2. The normalized spacial score (nSPS) is 14.2. The Hall–Kier alpha value is -0.870. The average molecular weight is 286 g/mol. The van der Waals surface area contributed by atoms with Crippen LogP contribution in [0.25, 0.3) is 0 Å². The van der Waals surface area contributed by atoms with Gasteiger partial charge in [-0.05, 0) is 19.1 Å². The van der Waals surface area contributed by atoms with Crippen LogP contribution in [0.4, 0.5) is 0 Å². The molecular weight excluding hydrogens is 268 g/mol. The van der Waals surface area contributed by atoms with Crippen LogP contribution in [-0.2, 0) is 11.3 Å². The maximum atomic E-state index is 11.5. The molecule has 0 spiro atoms. The maximum absolute atomic E-state index is 11.5. The maximum Gasteiger partial charge on any atom is 0.277 e. The molecule has 3 nitrogen and oxygen atoms in total. The van der Waals surface area contributed by atoms with E-state index in [1.54, 1.807) is 7.05 Å². The predicted octanol–water partition coefficient (Wildman–Crippen LogP) is 0.598. The van der Waals surface area contributed by atoms with Crippen LogP contribution >= 0.6 is 15.9 Å². The summed E-state index contributed by atoms with van der Waals surface area (Å²) in [5, 5.41) is 2.67. The van der Waals surface area contributed by atoms with Crippen LogP contribution in [0.3, 0.4) is 0 Å². The number of nitrogens with one attached hydrogen (secondary N) is 2. The first kappa shape index (κ1) is 13.2. The predicted molar refractivity (Wildman–Crippen MR) is 68.3 cm³/mol. The molecule has 1 aromatic rings. The van der Waals surface area contributed by atoms with E-state index in [1.165, 1.54) is 10.5 Å². The van der Waals surface area contributed by atoms with Crippen LogP contribution in [-0.4, -0.2) is 26.0 Å². The molecule has 0 bridgehead atoms. The number of carbonyl (C=O) groups excluding carboxylic acids is 1. The van der Waals surface area contributed by atoms with E-state index in [1.807, 2.05) is 26.1 Å². The number of hydrogen-bond donors (Lipinski definition) is 2. The van der Waals surface area contributed by atoms with E-state index in [2.05, 4.69) is 33.4 Å². The lowest BCUT2D eigenvalue weighted by atomic mass is 10.2. The largest absolute Gasteiger partial charge is 0.354 e. The van der Waals surface area contributed by atoms with Crippen molar-refractivity contribution in [3.05, 3.63) is 34.3 Å². The van der Waals surface area contributed by atoms with Crippen LogP contribution in [0, 0.1) is 0 Å². The molecule has 1 rings (SSSR count). The number of quaternary nitrogens is 1. The van der Waals surface area contributed by atoms with E-state index in [9.17, 15) is 4.79 Å². The molecule has 4 heteroatoms. The lowest BCUT2D eigenvalue weighted by molar-refractivity contribution is -0.908. The van der Waals surface area contributed by atoms with Gasteiger partial charge in [-0.15, -0.1) is 0 Å². The highest BCUT2D eigenvalue weighted by Gasteiger charge is 2.20. The van der Waals surface area contributed by atoms with Crippen LogP contribution in [0.5, 0.6) is 0 Å². The van der Waals surface area contributed by atoms with Gasteiger partial charge in [-0.2, -0.15) is 0 Å². The second kappa shape index (κ2) is 6.01. The van der Waals surface area contributed by atoms with Crippen LogP contribution in [0.2, 0.25) is 0 Å². The third kappa shape index (κ3) is 3.61. The molecule has 0 aliphatic rings. The van der Waals surface area contributed by atoms with Crippen molar-refractivity contribution in [3.8, 4) is 0 Å². The van der Waals surface area contributed by atoms with Crippen molar-refractivity contribution in [2.45, 2.75) is 19.5 Å². The zero-order chi connectivity index (χ0) is 12.1. The van der Waals surface area contributed by atoms with Gasteiger partial charge in [0.15, 0.2) is 6.04 Å². The van der Waals surface area contributed by atoms with E-state index in [0.29, 0.717) is 0 Å². The van der Waals surface area contributed by atoms with Gasteiger partial charge >= 0.3 is 0 Å². The number of carbonyl (C=O) groups is 1. The molecule has 0 aliphatic carbocycles. The summed E-state index contributed by atoms with van der Waals surface area (Å²) in [4.78, 5) is 12.6. The third-order valence-electron chi connectivity index (χ3n) is 2.78. The zero-order valence-corrected chi connectivity index (χ0v) is 11.5. The monoisotopic (exact) mass is 285 g/mol. The molecule has 0 saturated heterocycles. The van der Waals surface area contributed by atoms with Crippen molar-refractivity contribution in [3.63, 3.8) is 0 Å². The second-order valence-corrected chi connectivity index (χ2v) is 4.90. The van der Waals surface area contributed by atoms with Gasteiger partial charge in [-0.25, -0.2) is 0 Å². The summed E-state index contributed by atoms with van der Waals surface area (Å²) in [5.41, 5.74) is 1.23. The van der Waals surface area contributed by atoms with Gasteiger partial charge in [0, 0.05) is 17.1 Å². The van der Waals surface area contributed by atoms with Crippen molar-refractivity contribution in [1.29, 1.82) is 0 Å². The highest BCUT2D eigenvalue weighted by Crippen LogP contribution is 2.09. The fourth-order valence-corrected chi connectivity index (χ4v) is 1.78. The van der Waals surface area contributed by atoms with E-state index >= 15 is 0 Å². The summed E-state index contributed by atoms with van der Waals surface area (Å²) in [5.74, 6) is 0.0783. The lowest BCUT2D eigenvalue weighted by Crippen LogP contribution is -3.12. The molecule has 16 heavy (non-hydrogen) atoms. The molecule has 1 amide bonds. The average Bonchev–Trinajstić information content (AvgIpc) is 2.30. The molecule has 0 fully saturated rings. The van der Waals surface area contributed by atoms with Crippen LogP contribution < -0.4 is 10.2 Å². The van der Waals surface area contributed by atoms with Crippen molar-refractivity contribution in [2.75, 3.05) is 14.1 Å². The van der Waals surface area contributed by atoms with Gasteiger partial charge in [0.25, 0.3) is 5.91 Å². The van der Waals surface area contributed by atoms with Gasteiger partial charge in [-0.1, -0.05) is 28.1 Å². The summed E-state index contributed by atoms with van der Waals surface area (Å²) in [7, 11) is 3.70. The number of hydrogen-bond acceptors (Lipinski definition) is 1. The van der Waals surface area contributed by atoms with Crippen molar-refractivity contribution in [2.24, 2.45) is 0 Å². The summed E-state index contributed by atoms with van der Waals surface area (Å²) in [6, 6.07) is 8.16. The summed E-state index contributed by atoms with van der Waals surface area (Å²) in [6.45, 7) is 2.79. The highest BCUT2D eigenvalue weighted by atomic mass is 79.9. The Morgan fingerprint density at radius 2 is 2.00 bits per heavy atom. The highest BCUT2D eigenvalue weighted by molar-refractivity contribution is 9.10. The molecular formula is C12H18BrN2O+. The van der Waals surface area contributed by atoms with Gasteiger partial charge in [0.05, 0.1) is 7.05 Å². The molecule has 1 unspecified atom stereocenters. The first-order valence-corrected chi connectivity index (χ1v) is 6.12. The summed E-state index contributed by atoms with van der Waals surface area (Å²) < 4.78 is 1.08. The third-order valence-corrected chi connectivity index (χ3v) is 3.30. The Morgan fingerprint density at radius 3 is 2.50 bits per heavy atom. The molecule has 0 heterocycles. The van der Waals surface area contributed by atoms with Crippen molar-refractivity contribution < 1.29 is 9.69 Å². The second-order valence-electron chi connectivity index (χ2n) is 3.99. The Labute approximate surface area is 105 Å². The first-order chi connectivity index (χ1) is 7.54. The molecule has 0 aromatic heterocycles. The molecule has 0 radical (unpaired) electrons. The molecule has 0 saturated carbocycles. The Kier molecular flexibility index (Phi) is 4.96. The topological polar surface area (TPSA) is 33.5 Å². The standard InChI is InChI=1S/C12H17BrN2O/c1-9(12(16)14-2)15(3)8-10-4-6-11(13)7-5-10/h4-7,9H,8H2,1-3H3,(H,14,16)/p+1/t9-/m1/s1. The van der Waals surface area contributed by atoms with Gasteiger partial charge in [0.2, 0.25) is 0 Å². The van der Waals surface area contributed by atoms with Crippen molar-refractivity contribution in [1.82, 2.24) is 5.32 Å². The minimum absolute atomic E-state index is 0.0337. The van der Waals surface area contributed by atoms with E-state index < -0.39 is 0 Å². The minimum atomic E-state index is -0.0337. The van der Waals surface area contributed by atoms with Gasteiger partial charge in [0.1, 0.15) is 6.54 Å². The molecule has 2 N–H and O–H groups in total. The molecule has 1 aromatic carbocycles. The summed E-state index contributed by atoms with van der Waals surface area (Å²) >= 11 is 3.40. The Bertz CT molecular complexity index is 351. The minimum Gasteiger partial charge on any atom is -0.354 e. The van der Waals surface area contributed by atoms with Gasteiger partial charge in [-0.3, -0.25) is 4.79 Å². The van der Waals surface area contributed by atoms with E-state index in [-0.39, 0.29) is 11.9 Å². The van der Waals surface area contributed by atoms with Gasteiger partial charge < -0.3 is 10.2 Å². The number of rotatable bonds is 4. The molecule has 2 atom stereocenters.